The Labute approximate surface area is 76.1 Å². The molecule has 0 bridgehead atoms. The van der Waals surface area contributed by atoms with Crippen LogP contribution in [0, 0.1) is 5.92 Å². The number of piperazine rings is 1. The lowest BCUT2D eigenvalue weighted by atomic mass is 9.94. The molecule has 0 aromatic carbocycles. The smallest absolute Gasteiger partial charge is 0.0224 e. The van der Waals surface area contributed by atoms with Gasteiger partial charge >= 0.3 is 0 Å². The molecular weight excluding hydrogens is 148 g/mol. The Bertz CT molecular complexity index is 123. The van der Waals surface area contributed by atoms with E-state index >= 15 is 0 Å². The van der Waals surface area contributed by atoms with Crippen molar-refractivity contribution in [2.45, 2.75) is 45.7 Å². The van der Waals surface area contributed by atoms with Crippen LogP contribution in [-0.2, 0) is 0 Å². The van der Waals surface area contributed by atoms with Crippen LogP contribution in [-0.4, -0.2) is 25.2 Å². The van der Waals surface area contributed by atoms with Gasteiger partial charge in [-0.2, -0.15) is 0 Å². The minimum absolute atomic E-state index is 0.696. The molecule has 0 aromatic rings. The van der Waals surface area contributed by atoms with E-state index in [2.05, 4.69) is 31.4 Å². The second-order valence-corrected chi connectivity index (χ2v) is 4.16. The lowest BCUT2D eigenvalue weighted by Gasteiger charge is -2.34. The molecule has 2 nitrogen and oxygen atoms in total. The van der Waals surface area contributed by atoms with Crippen LogP contribution in [0.5, 0.6) is 0 Å². The van der Waals surface area contributed by atoms with E-state index in [1.807, 2.05) is 0 Å². The van der Waals surface area contributed by atoms with Crippen LogP contribution in [0.2, 0.25) is 0 Å². The Morgan fingerprint density at radius 2 is 1.75 bits per heavy atom. The van der Waals surface area contributed by atoms with Crippen LogP contribution < -0.4 is 10.6 Å². The van der Waals surface area contributed by atoms with Gasteiger partial charge in [0.2, 0.25) is 0 Å². The van der Waals surface area contributed by atoms with E-state index in [1.165, 1.54) is 12.8 Å². The van der Waals surface area contributed by atoms with Gasteiger partial charge in [0.25, 0.3) is 0 Å². The van der Waals surface area contributed by atoms with Gasteiger partial charge < -0.3 is 10.6 Å². The summed E-state index contributed by atoms with van der Waals surface area (Å²) in [6, 6.07) is 1.39. The molecule has 1 fully saturated rings. The largest absolute Gasteiger partial charge is 0.311 e. The molecule has 12 heavy (non-hydrogen) atoms. The standard InChI is InChI=1S/C10H22N2/c1-4-9-10(7-8(2)3)12-6-5-11-9/h8-12H,4-7H2,1-3H3. The van der Waals surface area contributed by atoms with Gasteiger partial charge in [0.15, 0.2) is 0 Å². The fourth-order valence-electron chi connectivity index (χ4n) is 1.98. The highest BCUT2D eigenvalue weighted by Crippen LogP contribution is 2.12. The monoisotopic (exact) mass is 170 g/mol. The van der Waals surface area contributed by atoms with Crippen LogP contribution in [0.4, 0.5) is 0 Å². The summed E-state index contributed by atoms with van der Waals surface area (Å²) in [4.78, 5) is 0. The average Bonchev–Trinajstić information content (AvgIpc) is 2.04. The third-order valence-corrected chi connectivity index (χ3v) is 2.59. The Kier molecular flexibility index (Phi) is 4.02. The molecule has 0 amide bonds. The van der Waals surface area contributed by atoms with Gasteiger partial charge in [0.05, 0.1) is 0 Å². The molecule has 72 valence electrons. The Morgan fingerprint density at radius 3 is 2.25 bits per heavy atom. The van der Waals surface area contributed by atoms with E-state index < -0.39 is 0 Å². The van der Waals surface area contributed by atoms with Crippen molar-refractivity contribution in [3.63, 3.8) is 0 Å². The van der Waals surface area contributed by atoms with Crippen LogP contribution >= 0.6 is 0 Å². The first-order chi connectivity index (χ1) is 5.74. The minimum Gasteiger partial charge on any atom is -0.311 e. The topological polar surface area (TPSA) is 24.1 Å². The van der Waals surface area contributed by atoms with Crippen molar-refractivity contribution in [3.8, 4) is 0 Å². The Morgan fingerprint density at radius 1 is 1.17 bits per heavy atom. The molecule has 0 spiro atoms. The van der Waals surface area contributed by atoms with Crippen molar-refractivity contribution in [2.24, 2.45) is 5.92 Å². The third kappa shape index (κ3) is 2.76. The lowest BCUT2D eigenvalue weighted by Crippen LogP contribution is -2.55. The van der Waals surface area contributed by atoms with Gasteiger partial charge in [-0.25, -0.2) is 0 Å². The van der Waals surface area contributed by atoms with E-state index in [4.69, 9.17) is 0 Å². The van der Waals surface area contributed by atoms with Crippen molar-refractivity contribution in [1.29, 1.82) is 0 Å². The van der Waals surface area contributed by atoms with Crippen LogP contribution in [0.3, 0.4) is 0 Å². The van der Waals surface area contributed by atoms with Crippen LogP contribution in [0.15, 0.2) is 0 Å². The third-order valence-electron chi connectivity index (χ3n) is 2.59. The predicted octanol–water partition coefficient (Wildman–Crippen LogP) is 1.37. The zero-order valence-corrected chi connectivity index (χ0v) is 8.56. The summed E-state index contributed by atoms with van der Waals surface area (Å²) in [7, 11) is 0. The summed E-state index contributed by atoms with van der Waals surface area (Å²) in [5.41, 5.74) is 0. The highest BCUT2D eigenvalue weighted by atomic mass is 15.1. The summed E-state index contributed by atoms with van der Waals surface area (Å²) in [6.07, 6.45) is 2.54. The van der Waals surface area contributed by atoms with Crippen LogP contribution in [0.1, 0.15) is 33.6 Å². The van der Waals surface area contributed by atoms with Crippen molar-refractivity contribution in [1.82, 2.24) is 10.6 Å². The normalized spacial score (nSPS) is 31.0. The number of hydrogen-bond donors (Lipinski definition) is 2. The second-order valence-electron chi connectivity index (χ2n) is 4.16. The van der Waals surface area contributed by atoms with Crippen molar-refractivity contribution in [2.75, 3.05) is 13.1 Å². The van der Waals surface area contributed by atoms with Gasteiger partial charge in [-0.3, -0.25) is 0 Å². The molecule has 2 N–H and O–H groups in total. The summed E-state index contributed by atoms with van der Waals surface area (Å²) in [5, 5.41) is 7.15. The first kappa shape index (κ1) is 10.0. The number of hydrogen-bond acceptors (Lipinski definition) is 2. The molecule has 0 radical (unpaired) electrons. The fraction of sp³-hybridized carbons (Fsp3) is 1.00. The SMILES string of the molecule is CCC1NCCNC1CC(C)C. The average molecular weight is 170 g/mol. The first-order valence-corrected chi connectivity index (χ1v) is 5.20. The van der Waals surface area contributed by atoms with Gasteiger partial charge in [0, 0.05) is 25.2 Å². The van der Waals surface area contributed by atoms with E-state index in [9.17, 15) is 0 Å². The molecule has 0 aromatic heterocycles. The number of nitrogens with one attached hydrogen (secondary N) is 2. The number of rotatable bonds is 3. The Hall–Kier alpha value is -0.0800. The molecule has 2 heteroatoms. The molecule has 1 saturated heterocycles. The predicted molar refractivity (Wildman–Crippen MR) is 53.3 cm³/mol. The summed E-state index contributed by atoms with van der Waals surface area (Å²) >= 11 is 0. The van der Waals surface area contributed by atoms with Gasteiger partial charge in [-0.05, 0) is 18.8 Å². The molecule has 0 aliphatic carbocycles. The molecule has 1 aliphatic rings. The van der Waals surface area contributed by atoms with E-state index in [1.54, 1.807) is 0 Å². The minimum atomic E-state index is 0.696. The maximum absolute atomic E-state index is 3.59. The first-order valence-electron chi connectivity index (χ1n) is 5.20. The lowest BCUT2D eigenvalue weighted by molar-refractivity contribution is 0.278. The fourth-order valence-corrected chi connectivity index (χ4v) is 1.98. The highest BCUT2D eigenvalue weighted by Gasteiger charge is 2.22. The summed E-state index contributed by atoms with van der Waals surface area (Å²) in [5.74, 6) is 0.802. The van der Waals surface area contributed by atoms with Crippen molar-refractivity contribution < 1.29 is 0 Å². The van der Waals surface area contributed by atoms with Gasteiger partial charge in [-0.15, -0.1) is 0 Å². The van der Waals surface area contributed by atoms with E-state index in [0.29, 0.717) is 12.1 Å². The van der Waals surface area contributed by atoms with Crippen LogP contribution in [0.25, 0.3) is 0 Å². The molecule has 2 atom stereocenters. The highest BCUT2D eigenvalue weighted by molar-refractivity contribution is 4.86. The molecule has 2 unspecified atom stereocenters. The quantitative estimate of drug-likeness (QED) is 0.668. The zero-order valence-electron chi connectivity index (χ0n) is 8.56. The van der Waals surface area contributed by atoms with Gasteiger partial charge in [0.1, 0.15) is 0 Å². The van der Waals surface area contributed by atoms with Crippen molar-refractivity contribution >= 4 is 0 Å². The zero-order chi connectivity index (χ0) is 8.97. The molecule has 1 aliphatic heterocycles. The van der Waals surface area contributed by atoms with E-state index in [0.717, 1.165) is 19.0 Å². The summed E-state index contributed by atoms with van der Waals surface area (Å²) in [6.45, 7) is 9.12. The van der Waals surface area contributed by atoms with E-state index in [-0.39, 0.29) is 0 Å². The maximum Gasteiger partial charge on any atom is 0.0224 e. The summed E-state index contributed by atoms with van der Waals surface area (Å²) < 4.78 is 0. The molecule has 1 heterocycles. The van der Waals surface area contributed by atoms with Gasteiger partial charge in [-0.1, -0.05) is 20.8 Å². The second kappa shape index (κ2) is 4.83. The molecule has 1 rings (SSSR count). The van der Waals surface area contributed by atoms with Crippen molar-refractivity contribution in [3.05, 3.63) is 0 Å². The molecular formula is C10H22N2. The Balaban J connectivity index is 2.36. The maximum atomic E-state index is 3.59. The molecule has 0 saturated carbocycles.